The summed E-state index contributed by atoms with van der Waals surface area (Å²) in [6.45, 7) is 23.2. The molecule has 0 aliphatic carbocycles. The maximum atomic E-state index is 3.60. The van der Waals surface area contributed by atoms with E-state index in [1.807, 2.05) is 0 Å². The second kappa shape index (κ2) is 11.7. The summed E-state index contributed by atoms with van der Waals surface area (Å²) in [5.74, 6) is 21.1. The molecule has 0 nitrogen and oxygen atoms in total. The predicted octanol–water partition coefficient (Wildman–Crippen LogP) is 8.25. The van der Waals surface area contributed by atoms with E-state index >= 15 is 0 Å². The van der Waals surface area contributed by atoms with Gasteiger partial charge in [-0.2, -0.15) is 0 Å². The molecule has 0 saturated carbocycles. The lowest BCUT2D eigenvalue weighted by Crippen LogP contribution is -2.16. The minimum absolute atomic E-state index is 0.699. The second-order valence-electron chi connectivity index (χ2n) is 12.3. The first-order valence-electron chi connectivity index (χ1n) is 12.8. The monoisotopic (exact) mass is 574 g/mol. The van der Waals surface area contributed by atoms with Crippen LogP contribution in [0.4, 0.5) is 0 Å². The van der Waals surface area contributed by atoms with Gasteiger partial charge in [-0.05, 0) is 12.1 Å². The lowest BCUT2D eigenvalue weighted by Gasteiger charge is -2.04. The van der Waals surface area contributed by atoms with Crippen molar-refractivity contribution in [3.8, 4) is 46.6 Å². The van der Waals surface area contributed by atoms with Gasteiger partial charge in [-0.1, -0.05) is 89.2 Å². The first-order chi connectivity index (χ1) is 16.7. The summed E-state index contributed by atoms with van der Waals surface area (Å²) in [7, 11) is -4.42. The van der Waals surface area contributed by atoms with Crippen molar-refractivity contribution in [2.45, 2.75) is 77.6 Å². The quantitative estimate of drug-likeness (QED) is 0.213. The zero-order chi connectivity index (χ0) is 26.7. The number of hydrogen-bond acceptors (Lipinski definition) is 2. The van der Waals surface area contributed by atoms with Crippen LogP contribution >= 0.6 is 22.7 Å². The minimum Gasteiger partial charge on any atom is -0.127 e. The van der Waals surface area contributed by atoms with E-state index in [1.165, 1.54) is 20.2 Å². The Morgan fingerprint density at radius 1 is 0.611 bits per heavy atom. The standard InChI is InChI=1S/C30H38S2Si4/c1-33(2)17-11-13-23-25-21-30-26(22-29(25)31-27(23)14-12-18-34(3)4)24(15-19-35(5,6)7)28(32-30)16-20-36(8,9)10/h21-22,33-34H,17-18H2,1-10H3. The summed E-state index contributed by atoms with van der Waals surface area (Å²) in [4.78, 5) is 2.25. The van der Waals surface area contributed by atoms with Crippen molar-refractivity contribution in [3.05, 3.63) is 33.0 Å². The van der Waals surface area contributed by atoms with Crippen molar-refractivity contribution < 1.29 is 0 Å². The van der Waals surface area contributed by atoms with Gasteiger partial charge in [0.1, 0.15) is 16.1 Å². The van der Waals surface area contributed by atoms with Crippen LogP contribution in [0.3, 0.4) is 0 Å². The number of fused-ring (bicyclic) bond motifs is 2. The highest BCUT2D eigenvalue weighted by Gasteiger charge is 2.17. The number of thiophene rings is 2. The first-order valence-corrected chi connectivity index (χ1v) is 27.7. The van der Waals surface area contributed by atoms with Gasteiger partial charge in [0.25, 0.3) is 0 Å². The fourth-order valence-corrected chi connectivity index (χ4v) is 7.48. The molecule has 3 aromatic rings. The molecule has 2 aromatic heterocycles. The summed E-state index contributed by atoms with van der Waals surface area (Å²) < 4.78 is 2.52. The molecule has 186 valence electrons. The first kappa shape index (κ1) is 28.8. The van der Waals surface area contributed by atoms with Crippen molar-refractivity contribution in [3.63, 3.8) is 0 Å². The Morgan fingerprint density at radius 2 is 1.03 bits per heavy atom. The molecular formula is C30H38S2Si4. The van der Waals surface area contributed by atoms with Crippen LogP contribution in [0.2, 0.25) is 77.6 Å². The zero-order valence-electron chi connectivity index (χ0n) is 23.5. The molecule has 0 aliphatic heterocycles. The van der Waals surface area contributed by atoms with Crippen LogP contribution in [0.5, 0.6) is 0 Å². The predicted molar refractivity (Wildman–Crippen MR) is 179 cm³/mol. The Morgan fingerprint density at radius 3 is 1.50 bits per heavy atom. The minimum atomic E-state index is -1.51. The van der Waals surface area contributed by atoms with Crippen LogP contribution in [-0.4, -0.2) is 33.7 Å². The van der Waals surface area contributed by atoms with Crippen LogP contribution in [0.25, 0.3) is 20.2 Å². The topological polar surface area (TPSA) is 0 Å². The largest absolute Gasteiger partial charge is 0.129 e. The van der Waals surface area contributed by atoms with Gasteiger partial charge in [0.05, 0.1) is 20.9 Å². The summed E-state index contributed by atoms with van der Waals surface area (Å²) >= 11 is 3.59. The van der Waals surface area contributed by atoms with Gasteiger partial charge in [0.2, 0.25) is 0 Å². The van der Waals surface area contributed by atoms with E-state index in [9.17, 15) is 0 Å². The fourth-order valence-electron chi connectivity index (χ4n) is 3.28. The zero-order valence-corrected chi connectivity index (χ0v) is 29.5. The van der Waals surface area contributed by atoms with Crippen LogP contribution in [0.15, 0.2) is 12.1 Å². The van der Waals surface area contributed by atoms with E-state index in [2.05, 4.69) is 124 Å². The highest BCUT2D eigenvalue weighted by atomic mass is 32.1. The molecule has 1 aromatic carbocycles. The second-order valence-corrected chi connectivity index (χ2v) is 30.3. The average molecular weight is 575 g/mol. The Bertz CT molecular complexity index is 1530. The van der Waals surface area contributed by atoms with E-state index < -0.39 is 33.7 Å². The number of benzene rings is 1. The summed E-state index contributed by atoms with van der Waals surface area (Å²) in [5.41, 5.74) is 9.42. The van der Waals surface area contributed by atoms with E-state index in [0.29, 0.717) is 0 Å². The number of rotatable bonds is 2. The van der Waals surface area contributed by atoms with Crippen LogP contribution < -0.4 is 0 Å². The average Bonchev–Trinajstić information content (AvgIpc) is 3.24. The summed E-state index contributed by atoms with van der Waals surface area (Å²) in [6, 6.07) is 6.76. The molecule has 2 heterocycles. The molecule has 6 heteroatoms. The molecule has 0 unspecified atom stereocenters. The van der Waals surface area contributed by atoms with E-state index in [4.69, 9.17) is 0 Å². The molecule has 0 N–H and O–H groups in total. The molecule has 0 atom stereocenters. The van der Waals surface area contributed by atoms with Crippen molar-refractivity contribution in [1.82, 2.24) is 0 Å². The van der Waals surface area contributed by atoms with E-state index in [0.717, 1.165) is 33.0 Å². The summed E-state index contributed by atoms with van der Waals surface area (Å²) in [6.07, 6.45) is 0. The SMILES string of the molecule is C[SiH](C)CC#Cc1sc2cc3c(C#C[Si](C)(C)C)c(C#C[Si](C)(C)C)sc3cc2c1C#CC[SiH](C)C. The third kappa shape index (κ3) is 8.13. The molecule has 36 heavy (non-hydrogen) atoms. The Labute approximate surface area is 232 Å². The molecule has 0 fully saturated rings. The van der Waals surface area contributed by atoms with Gasteiger partial charge in [0, 0.05) is 49.9 Å². The third-order valence-corrected chi connectivity index (χ3v) is 11.0. The molecule has 3 rings (SSSR count). The maximum absolute atomic E-state index is 3.60. The molecule has 0 radical (unpaired) electrons. The molecule has 0 bridgehead atoms. The molecule has 0 spiro atoms. The van der Waals surface area contributed by atoms with Crippen LogP contribution in [0, 0.1) is 46.6 Å². The summed E-state index contributed by atoms with van der Waals surface area (Å²) in [5, 5.41) is 2.48. The molecule has 0 saturated heterocycles. The van der Waals surface area contributed by atoms with Gasteiger partial charge in [0.15, 0.2) is 0 Å². The van der Waals surface area contributed by atoms with Crippen molar-refractivity contribution in [2.24, 2.45) is 0 Å². The highest BCUT2D eigenvalue weighted by Crippen LogP contribution is 2.39. The van der Waals surface area contributed by atoms with Gasteiger partial charge in [-0.15, -0.1) is 45.6 Å². The lowest BCUT2D eigenvalue weighted by molar-refractivity contribution is 1.68. The van der Waals surface area contributed by atoms with Crippen molar-refractivity contribution in [2.75, 3.05) is 0 Å². The van der Waals surface area contributed by atoms with Crippen LogP contribution in [-0.2, 0) is 0 Å². The van der Waals surface area contributed by atoms with E-state index in [-0.39, 0.29) is 0 Å². The maximum Gasteiger partial charge on any atom is 0.129 e. The van der Waals surface area contributed by atoms with Gasteiger partial charge >= 0.3 is 0 Å². The molecule has 0 amide bonds. The van der Waals surface area contributed by atoms with Crippen molar-refractivity contribution >= 4 is 76.6 Å². The van der Waals surface area contributed by atoms with Gasteiger partial charge in [-0.3, -0.25) is 0 Å². The highest BCUT2D eigenvalue weighted by molar-refractivity contribution is 7.21. The Balaban J connectivity index is 2.29. The molecular weight excluding hydrogens is 537 g/mol. The lowest BCUT2D eigenvalue weighted by atomic mass is 10.1. The van der Waals surface area contributed by atoms with Gasteiger partial charge in [-0.25, -0.2) is 0 Å². The Kier molecular flexibility index (Phi) is 9.40. The smallest absolute Gasteiger partial charge is 0.127 e. The van der Waals surface area contributed by atoms with Gasteiger partial charge < -0.3 is 0 Å². The molecule has 0 aliphatic rings. The van der Waals surface area contributed by atoms with Crippen LogP contribution in [0.1, 0.15) is 20.9 Å². The third-order valence-electron chi connectivity index (χ3n) is 5.05. The van der Waals surface area contributed by atoms with E-state index in [1.54, 1.807) is 22.7 Å². The normalized spacial score (nSPS) is 11.4. The number of hydrogen-bond donors (Lipinski definition) is 0. The Hall–Kier alpha value is -1.75. The fraction of sp³-hybridized carbons (Fsp3) is 0.400. The van der Waals surface area contributed by atoms with Crippen molar-refractivity contribution in [1.29, 1.82) is 0 Å².